The molecule has 5 rings (SSSR count). The molecule has 30 heavy (non-hydrogen) atoms. The molecule has 3 heterocycles. The minimum Gasteiger partial charge on any atom is -0.494 e. The molecule has 1 aromatic heterocycles. The smallest absolute Gasteiger partial charge is 0.296 e. The highest BCUT2D eigenvalue weighted by Crippen LogP contribution is 2.49. The van der Waals surface area contributed by atoms with Gasteiger partial charge in [-0.15, -0.1) is 22.9 Å². The molecule has 1 saturated carbocycles. The van der Waals surface area contributed by atoms with Gasteiger partial charge in [0.1, 0.15) is 11.9 Å². The largest absolute Gasteiger partial charge is 0.494 e. The van der Waals surface area contributed by atoms with Crippen LogP contribution in [0.15, 0.2) is 47.2 Å². The summed E-state index contributed by atoms with van der Waals surface area (Å²) in [5.74, 6) is 0.262. The van der Waals surface area contributed by atoms with E-state index >= 15 is 0 Å². The number of amides is 1. The van der Waals surface area contributed by atoms with Crippen LogP contribution in [-0.2, 0) is 14.3 Å². The Morgan fingerprint density at radius 1 is 1.27 bits per heavy atom. The second-order valence-corrected chi connectivity index (χ2v) is 9.16. The van der Waals surface area contributed by atoms with E-state index in [1.54, 1.807) is 11.1 Å². The number of benzene rings is 1. The molecule has 0 spiro atoms. The first-order chi connectivity index (χ1) is 14.6. The van der Waals surface area contributed by atoms with E-state index < -0.39 is 6.04 Å². The first-order valence-corrected chi connectivity index (χ1v) is 11.4. The predicted molar refractivity (Wildman–Crippen MR) is 114 cm³/mol. The zero-order chi connectivity index (χ0) is 20.8. The van der Waals surface area contributed by atoms with E-state index in [1.807, 2.05) is 36.6 Å². The van der Waals surface area contributed by atoms with E-state index in [0.717, 1.165) is 17.7 Å². The lowest BCUT2D eigenvalue weighted by Crippen LogP contribution is -2.41. The van der Waals surface area contributed by atoms with Gasteiger partial charge in [0.05, 0.1) is 24.1 Å². The number of ether oxygens (including phenoxy) is 2. The average molecular weight is 445 g/mol. The summed E-state index contributed by atoms with van der Waals surface area (Å²) >= 11 is 7.72. The zero-order valence-corrected chi connectivity index (χ0v) is 18.0. The van der Waals surface area contributed by atoms with Crippen LogP contribution >= 0.6 is 22.9 Å². The number of carbonyl (C=O) groups is 2. The van der Waals surface area contributed by atoms with Crippen molar-refractivity contribution in [2.24, 2.45) is 5.92 Å². The Labute approximate surface area is 183 Å². The Morgan fingerprint density at radius 2 is 2.07 bits per heavy atom. The van der Waals surface area contributed by atoms with Gasteiger partial charge in [0.25, 0.3) is 5.91 Å². The van der Waals surface area contributed by atoms with Gasteiger partial charge in [-0.2, -0.15) is 0 Å². The lowest BCUT2D eigenvalue weighted by molar-refractivity contribution is -0.131. The Kier molecular flexibility index (Phi) is 5.03. The van der Waals surface area contributed by atoms with Crippen LogP contribution in [0.3, 0.4) is 0 Å². The molecule has 1 amide bonds. The summed E-state index contributed by atoms with van der Waals surface area (Å²) in [4.78, 5) is 32.9. The normalized spacial score (nSPS) is 28.3. The van der Waals surface area contributed by atoms with E-state index in [9.17, 15) is 9.59 Å². The van der Waals surface area contributed by atoms with Crippen LogP contribution in [0.1, 0.15) is 37.8 Å². The number of rotatable bonds is 4. The van der Waals surface area contributed by atoms with Gasteiger partial charge < -0.3 is 9.47 Å². The minimum atomic E-state index is -0.571. The molecule has 0 radical (unpaired) electrons. The van der Waals surface area contributed by atoms with E-state index in [0.29, 0.717) is 30.2 Å². The quantitative estimate of drug-likeness (QED) is 0.659. The SMILES string of the molecule is CCOc1ccc(C2C3=C(OC4CCC(Cl)CC4C3=O)C(=O)N2c2nccs2)cc1. The van der Waals surface area contributed by atoms with Gasteiger partial charge in [-0.25, -0.2) is 4.98 Å². The number of ketones is 1. The van der Waals surface area contributed by atoms with E-state index in [-0.39, 0.29) is 34.8 Å². The number of aromatic nitrogens is 1. The van der Waals surface area contributed by atoms with Gasteiger partial charge >= 0.3 is 0 Å². The fourth-order valence-corrected chi connectivity index (χ4v) is 5.56. The fraction of sp³-hybridized carbons (Fsp3) is 0.409. The van der Waals surface area contributed by atoms with Gasteiger partial charge in [0.15, 0.2) is 16.7 Å². The summed E-state index contributed by atoms with van der Waals surface area (Å²) in [7, 11) is 0. The maximum absolute atomic E-state index is 13.6. The van der Waals surface area contributed by atoms with Gasteiger partial charge in [-0.05, 0) is 43.9 Å². The van der Waals surface area contributed by atoms with Crippen molar-refractivity contribution in [1.82, 2.24) is 4.98 Å². The highest BCUT2D eigenvalue weighted by Gasteiger charge is 2.53. The van der Waals surface area contributed by atoms with Crippen molar-refractivity contribution < 1.29 is 19.1 Å². The van der Waals surface area contributed by atoms with Gasteiger partial charge in [0, 0.05) is 17.0 Å². The van der Waals surface area contributed by atoms with Crippen molar-refractivity contribution in [1.29, 1.82) is 0 Å². The van der Waals surface area contributed by atoms with Gasteiger partial charge in [-0.1, -0.05) is 12.1 Å². The Hall–Kier alpha value is -2.38. The van der Waals surface area contributed by atoms with Crippen LogP contribution in [0.25, 0.3) is 0 Å². The van der Waals surface area contributed by atoms with Gasteiger partial charge in [-0.3, -0.25) is 14.5 Å². The number of fused-ring (bicyclic) bond motifs is 1. The first kappa shape index (κ1) is 19.6. The molecule has 1 fully saturated rings. The molecule has 0 N–H and O–H groups in total. The van der Waals surface area contributed by atoms with Crippen LogP contribution in [0, 0.1) is 5.92 Å². The number of hydrogen-bond donors (Lipinski definition) is 0. The van der Waals surface area contributed by atoms with E-state index in [4.69, 9.17) is 21.1 Å². The number of alkyl halides is 1. The molecule has 1 aliphatic carbocycles. The molecule has 156 valence electrons. The minimum absolute atomic E-state index is 0.0297. The van der Waals surface area contributed by atoms with Gasteiger partial charge in [0.2, 0.25) is 0 Å². The zero-order valence-electron chi connectivity index (χ0n) is 16.4. The van der Waals surface area contributed by atoms with Crippen LogP contribution < -0.4 is 9.64 Å². The first-order valence-electron chi connectivity index (χ1n) is 10.1. The molecule has 2 aromatic rings. The number of halogens is 1. The van der Waals surface area contributed by atoms with E-state index in [2.05, 4.69) is 4.98 Å². The Morgan fingerprint density at radius 3 is 2.77 bits per heavy atom. The van der Waals surface area contributed by atoms with Crippen molar-refractivity contribution in [3.8, 4) is 5.75 Å². The molecule has 8 heteroatoms. The second-order valence-electron chi connectivity index (χ2n) is 7.67. The summed E-state index contributed by atoms with van der Waals surface area (Å²) in [6.45, 7) is 2.49. The Balaban J connectivity index is 1.59. The summed E-state index contributed by atoms with van der Waals surface area (Å²) in [6.07, 6.45) is 3.40. The monoisotopic (exact) mass is 444 g/mol. The van der Waals surface area contributed by atoms with Crippen LogP contribution in [-0.4, -0.2) is 34.8 Å². The van der Waals surface area contributed by atoms with Crippen LogP contribution in [0.2, 0.25) is 0 Å². The van der Waals surface area contributed by atoms with Crippen molar-refractivity contribution in [3.05, 3.63) is 52.7 Å². The maximum Gasteiger partial charge on any atom is 0.296 e. The van der Waals surface area contributed by atoms with Crippen molar-refractivity contribution in [2.75, 3.05) is 11.5 Å². The number of nitrogens with zero attached hydrogens (tertiary/aromatic N) is 2. The van der Waals surface area contributed by atoms with E-state index in [1.165, 1.54) is 11.3 Å². The van der Waals surface area contributed by atoms with Crippen molar-refractivity contribution in [2.45, 2.75) is 43.7 Å². The third-order valence-electron chi connectivity index (χ3n) is 5.92. The molecule has 3 aliphatic rings. The second kappa shape index (κ2) is 7.71. The molecule has 4 atom stereocenters. The Bertz CT molecular complexity index is 1000. The molecular weight excluding hydrogens is 424 g/mol. The molecule has 4 unspecified atom stereocenters. The number of thiazole rings is 1. The summed E-state index contributed by atoms with van der Waals surface area (Å²) in [6, 6.07) is 6.93. The summed E-state index contributed by atoms with van der Waals surface area (Å²) in [5, 5.41) is 2.32. The molecule has 0 saturated heterocycles. The van der Waals surface area contributed by atoms with Crippen LogP contribution in [0.4, 0.5) is 5.13 Å². The van der Waals surface area contributed by atoms with Crippen LogP contribution in [0.5, 0.6) is 5.75 Å². The fourth-order valence-electron chi connectivity index (χ4n) is 4.58. The average Bonchev–Trinajstić information content (AvgIpc) is 3.36. The molecule has 6 nitrogen and oxygen atoms in total. The lowest BCUT2D eigenvalue weighted by Gasteiger charge is -2.37. The lowest BCUT2D eigenvalue weighted by atomic mass is 9.77. The highest BCUT2D eigenvalue weighted by atomic mass is 35.5. The molecule has 2 aliphatic heterocycles. The molecular formula is C22H21ClN2O4S. The predicted octanol–water partition coefficient (Wildman–Crippen LogP) is 4.26. The van der Waals surface area contributed by atoms with Crippen molar-refractivity contribution in [3.63, 3.8) is 0 Å². The third kappa shape index (κ3) is 3.11. The molecule has 0 bridgehead atoms. The third-order valence-corrected chi connectivity index (χ3v) is 7.08. The number of hydrogen-bond acceptors (Lipinski definition) is 6. The summed E-state index contributed by atoms with van der Waals surface area (Å²) < 4.78 is 11.7. The molecule has 1 aromatic carbocycles. The topological polar surface area (TPSA) is 68.7 Å². The summed E-state index contributed by atoms with van der Waals surface area (Å²) in [5.41, 5.74) is 1.24. The van der Waals surface area contributed by atoms with Crippen molar-refractivity contribution >= 4 is 39.8 Å². The maximum atomic E-state index is 13.6. The number of carbonyl (C=O) groups excluding carboxylic acids is 2. The number of anilines is 1. The highest BCUT2D eigenvalue weighted by molar-refractivity contribution is 7.13. The standard InChI is InChI=1S/C22H21ClN2O4S/c1-2-28-14-6-3-12(4-7-14)18-17-19(26)15-11-13(23)5-8-16(15)29-20(17)21(27)25(18)22-24-9-10-30-22/h3-4,6-7,9-10,13,15-16,18H,2,5,8,11H2,1H3. The number of Topliss-reactive ketones (excluding diaryl/α,β-unsaturated/α-hetero) is 1.